The second-order valence-electron chi connectivity index (χ2n) is 7.11. The fraction of sp³-hybridized carbons (Fsp3) is 0.318. The van der Waals surface area contributed by atoms with Gasteiger partial charge < -0.3 is 15.4 Å². The molecule has 0 unspecified atom stereocenters. The molecule has 0 aliphatic carbocycles. The van der Waals surface area contributed by atoms with E-state index in [9.17, 15) is 14.9 Å². The van der Waals surface area contributed by atoms with E-state index >= 15 is 0 Å². The average Bonchev–Trinajstić information content (AvgIpc) is 3.24. The van der Waals surface area contributed by atoms with Crippen LogP contribution in [0.2, 0.25) is 0 Å². The summed E-state index contributed by atoms with van der Waals surface area (Å²) in [5.74, 6) is 1.90. The molecule has 0 spiro atoms. The Bertz CT molecular complexity index is 1090. The highest BCUT2D eigenvalue weighted by atomic mass is 32.2. The number of nitrogens with zero attached hydrogens (tertiary/aromatic N) is 4. The molecular formula is C22H26N6O4S. The smallest absolute Gasteiger partial charge is 0.315 e. The Morgan fingerprint density at radius 2 is 1.97 bits per heavy atom. The van der Waals surface area contributed by atoms with Crippen LogP contribution in [0.15, 0.2) is 53.7 Å². The fourth-order valence-electron chi connectivity index (χ4n) is 3.00. The minimum absolute atomic E-state index is 0.00705. The number of thioether (sulfide) groups is 1. The third-order valence-electron chi connectivity index (χ3n) is 4.74. The highest BCUT2D eigenvalue weighted by Gasteiger charge is 2.17. The van der Waals surface area contributed by atoms with Gasteiger partial charge in [-0.2, -0.15) is 0 Å². The molecule has 0 bridgehead atoms. The number of nitro groups is 1. The van der Waals surface area contributed by atoms with Gasteiger partial charge in [-0.25, -0.2) is 4.79 Å². The number of urea groups is 1. The summed E-state index contributed by atoms with van der Waals surface area (Å²) < 4.78 is 7.07. The summed E-state index contributed by atoms with van der Waals surface area (Å²) in [5.41, 5.74) is 1.71. The molecule has 0 atom stereocenters. The van der Waals surface area contributed by atoms with Crippen molar-refractivity contribution >= 4 is 23.5 Å². The first-order chi connectivity index (χ1) is 16.0. The molecule has 2 N–H and O–H groups in total. The molecule has 33 heavy (non-hydrogen) atoms. The lowest BCUT2D eigenvalue weighted by molar-refractivity contribution is -0.384. The number of methoxy groups -OCH3 is 1. The summed E-state index contributed by atoms with van der Waals surface area (Å²) >= 11 is 1.47. The van der Waals surface area contributed by atoms with E-state index in [1.807, 2.05) is 24.3 Å². The number of hydrogen-bond donors (Lipinski definition) is 2. The van der Waals surface area contributed by atoms with Crippen LogP contribution in [0.25, 0.3) is 5.69 Å². The number of hydrogen-bond acceptors (Lipinski definition) is 7. The lowest BCUT2D eigenvalue weighted by Crippen LogP contribution is -2.36. The predicted molar refractivity (Wildman–Crippen MR) is 126 cm³/mol. The first kappa shape index (κ1) is 24.1. The Hall–Kier alpha value is -3.60. The van der Waals surface area contributed by atoms with Gasteiger partial charge in [-0.1, -0.05) is 37.2 Å². The molecule has 2 amide bonds. The van der Waals surface area contributed by atoms with Crippen molar-refractivity contribution in [1.29, 1.82) is 0 Å². The SMILES string of the molecule is CCCCNC(=O)NCc1nnc(SCc2cccc(OC)c2)n1-c1ccc([N+](=O)[O-])cc1. The number of unbranched alkanes of at least 4 members (excludes halogenated alkanes) is 1. The zero-order valence-corrected chi connectivity index (χ0v) is 19.3. The number of carbonyl (C=O) groups excluding carboxylic acids is 1. The number of non-ortho nitro benzene ring substituents is 1. The number of nitro benzene ring substituents is 1. The monoisotopic (exact) mass is 470 g/mol. The quantitative estimate of drug-likeness (QED) is 0.187. The van der Waals surface area contributed by atoms with Crippen molar-refractivity contribution in [2.75, 3.05) is 13.7 Å². The average molecular weight is 471 g/mol. The third kappa shape index (κ3) is 6.69. The fourth-order valence-corrected chi connectivity index (χ4v) is 3.92. The summed E-state index contributed by atoms with van der Waals surface area (Å²) in [6.45, 7) is 2.80. The maximum absolute atomic E-state index is 12.1. The van der Waals surface area contributed by atoms with Crippen molar-refractivity contribution in [2.45, 2.75) is 37.2 Å². The van der Waals surface area contributed by atoms with Gasteiger partial charge >= 0.3 is 6.03 Å². The van der Waals surface area contributed by atoms with Crippen LogP contribution in [-0.4, -0.2) is 39.4 Å². The van der Waals surface area contributed by atoms with Gasteiger partial charge in [0.15, 0.2) is 11.0 Å². The van der Waals surface area contributed by atoms with E-state index in [2.05, 4.69) is 27.8 Å². The van der Waals surface area contributed by atoms with E-state index in [0.29, 0.717) is 29.0 Å². The second kappa shape index (κ2) is 11.9. The van der Waals surface area contributed by atoms with Crippen LogP contribution < -0.4 is 15.4 Å². The largest absolute Gasteiger partial charge is 0.497 e. The van der Waals surface area contributed by atoms with Gasteiger partial charge in [0.2, 0.25) is 0 Å². The highest BCUT2D eigenvalue weighted by molar-refractivity contribution is 7.98. The van der Waals surface area contributed by atoms with Crippen LogP contribution >= 0.6 is 11.8 Å². The zero-order chi connectivity index (χ0) is 23.6. The molecule has 1 aromatic heterocycles. The first-order valence-electron chi connectivity index (χ1n) is 10.5. The molecule has 174 valence electrons. The highest BCUT2D eigenvalue weighted by Crippen LogP contribution is 2.27. The van der Waals surface area contributed by atoms with Crippen LogP contribution in [0, 0.1) is 10.1 Å². The molecule has 3 aromatic rings. The number of carbonyl (C=O) groups is 1. The van der Waals surface area contributed by atoms with Gasteiger partial charge in [0.25, 0.3) is 5.69 Å². The van der Waals surface area contributed by atoms with E-state index in [-0.39, 0.29) is 18.3 Å². The Labute approximate surface area is 195 Å². The molecule has 1 heterocycles. The van der Waals surface area contributed by atoms with Gasteiger partial charge in [-0.05, 0) is 36.2 Å². The van der Waals surface area contributed by atoms with Crippen LogP contribution in [0.1, 0.15) is 31.2 Å². The Morgan fingerprint density at radius 3 is 2.67 bits per heavy atom. The van der Waals surface area contributed by atoms with Crippen molar-refractivity contribution in [1.82, 2.24) is 25.4 Å². The van der Waals surface area contributed by atoms with Gasteiger partial charge in [-0.3, -0.25) is 14.7 Å². The van der Waals surface area contributed by atoms with Gasteiger partial charge in [0.1, 0.15) is 5.75 Å². The number of nitrogens with one attached hydrogen (secondary N) is 2. The van der Waals surface area contributed by atoms with Crippen molar-refractivity contribution in [3.63, 3.8) is 0 Å². The summed E-state index contributed by atoms with van der Waals surface area (Å²) in [6, 6.07) is 13.6. The molecule has 0 aliphatic heterocycles. The Kier molecular flexibility index (Phi) is 8.64. The summed E-state index contributed by atoms with van der Waals surface area (Å²) in [7, 11) is 1.62. The standard InChI is InChI=1S/C22H26N6O4S/c1-3-4-12-23-21(29)24-14-20-25-26-22(33-15-16-6-5-7-19(13-16)32-2)27(20)17-8-10-18(11-9-17)28(30)31/h5-11,13H,3-4,12,14-15H2,1-2H3,(H2,23,24,29). The number of benzene rings is 2. The second-order valence-corrected chi connectivity index (χ2v) is 8.05. The molecule has 0 fully saturated rings. The minimum Gasteiger partial charge on any atom is -0.497 e. The van der Waals surface area contributed by atoms with Crippen LogP contribution in [0.4, 0.5) is 10.5 Å². The third-order valence-corrected chi connectivity index (χ3v) is 5.74. The van der Waals surface area contributed by atoms with E-state index in [4.69, 9.17) is 4.74 Å². The Balaban J connectivity index is 1.81. The van der Waals surface area contributed by atoms with E-state index in [1.165, 1.54) is 23.9 Å². The van der Waals surface area contributed by atoms with E-state index in [0.717, 1.165) is 24.2 Å². The predicted octanol–water partition coefficient (Wildman–Crippen LogP) is 4.08. The molecule has 11 heteroatoms. The summed E-state index contributed by atoms with van der Waals surface area (Å²) in [5, 5.41) is 25.8. The van der Waals surface area contributed by atoms with Crippen LogP contribution in [0.5, 0.6) is 5.75 Å². The molecule has 10 nitrogen and oxygen atoms in total. The number of ether oxygens (including phenoxy) is 1. The molecule has 3 rings (SSSR count). The molecule has 0 radical (unpaired) electrons. The van der Waals surface area contributed by atoms with E-state index < -0.39 is 4.92 Å². The minimum atomic E-state index is -0.447. The normalized spacial score (nSPS) is 10.6. The summed E-state index contributed by atoms with van der Waals surface area (Å²) in [6.07, 6.45) is 1.89. The molecule has 0 saturated heterocycles. The van der Waals surface area contributed by atoms with Crippen molar-refractivity contribution in [3.05, 3.63) is 70.0 Å². The first-order valence-corrected chi connectivity index (χ1v) is 11.5. The van der Waals surface area contributed by atoms with Crippen LogP contribution in [0.3, 0.4) is 0 Å². The molecule has 0 saturated carbocycles. The molecule has 0 aliphatic rings. The van der Waals surface area contributed by atoms with Gasteiger partial charge in [0.05, 0.1) is 18.6 Å². The number of amides is 2. The number of aromatic nitrogens is 3. The lowest BCUT2D eigenvalue weighted by Gasteiger charge is -2.11. The van der Waals surface area contributed by atoms with Crippen LogP contribution in [-0.2, 0) is 12.3 Å². The zero-order valence-electron chi connectivity index (χ0n) is 18.5. The van der Waals surface area contributed by atoms with Crippen molar-refractivity contribution in [2.24, 2.45) is 0 Å². The van der Waals surface area contributed by atoms with Crippen molar-refractivity contribution in [3.8, 4) is 11.4 Å². The Morgan fingerprint density at radius 1 is 1.18 bits per heavy atom. The molecule has 2 aromatic carbocycles. The van der Waals surface area contributed by atoms with Gasteiger partial charge in [0, 0.05) is 30.1 Å². The maximum atomic E-state index is 12.1. The molecular weight excluding hydrogens is 444 g/mol. The summed E-state index contributed by atoms with van der Waals surface area (Å²) in [4.78, 5) is 22.7. The topological polar surface area (TPSA) is 124 Å². The maximum Gasteiger partial charge on any atom is 0.315 e. The lowest BCUT2D eigenvalue weighted by atomic mass is 10.2. The number of rotatable bonds is 11. The van der Waals surface area contributed by atoms with Crippen molar-refractivity contribution < 1.29 is 14.5 Å². The van der Waals surface area contributed by atoms with Gasteiger partial charge in [-0.15, -0.1) is 10.2 Å². The van der Waals surface area contributed by atoms with E-state index in [1.54, 1.807) is 23.8 Å².